The highest BCUT2D eigenvalue weighted by atomic mass is 19.1. The largest absolute Gasteiger partial charge is 0.496 e. The van der Waals surface area contributed by atoms with Crippen molar-refractivity contribution in [2.75, 3.05) is 7.11 Å². The van der Waals surface area contributed by atoms with Crippen LogP contribution in [-0.2, 0) is 14.1 Å². The van der Waals surface area contributed by atoms with Gasteiger partial charge in [-0.05, 0) is 18.2 Å². The number of halogens is 1. The molecule has 0 amide bonds. The van der Waals surface area contributed by atoms with Crippen molar-refractivity contribution in [1.82, 2.24) is 34.1 Å². The first-order valence-corrected chi connectivity index (χ1v) is 9.05. The van der Waals surface area contributed by atoms with Gasteiger partial charge >= 0.3 is 5.69 Å². The van der Waals surface area contributed by atoms with Crippen LogP contribution in [0.4, 0.5) is 4.39 Å². The first kappa shape index (κ1) is 18.0. The van der Waals surface area contributed by atoms with Crippen LogP contribution in [0.5, 0.6) is 5.75 Å². The van der Waals surface area contributed by atoms with E-state index in [2.05, 4.69) is 20.3 Å². The van der Waals surface area contributed by atoms with Crippen molar-refractivity contribution in [3.63, 3.8) is 0 Å². The second-order valence-corrected chi connectivity index (χ2v) is 6.82. The van der Waals surface area contributed by atoms with Crippen LogP contribution in [0.3, 0.4) is 0 Å². The van der Waals surface area contributed by atoms with Crippen LogP contribution in [0.1, 0.15) is 0 Å². The van der Waals surface area contributed by atoms with E-state index in [1.807, 2.05) is 6.07 Å². The van der Waals surface area contributed by atoms with Gasteiger partial charge in [0.15, 0.2) is 11.6 Å². The van der Waals surface area contributed by atoms with Crippen molar-refractivity contribution in [3.8, 4) is 22.8 Å². The lowest BCUT2D eigenvalue weighted by atomic mass is 10.1. The molecule has 0 unspecified atom stereocenters. The lowest BCUT2D eigenvalue weighted by molar-refractivity contribution is 0.417. The minimum Gasteiger partial charge on any atom is -0.496 e. The summed E-state index contributed by atoms with van der Waals surface area (Å²) < 4.78 is 24.4. The Morgan fingerprint density at radius 3 is 2.70 bits per heavy atom. The maximum atomic E-state index is 14.6. The fourth-order valence-corrected chi connectivity index (χ4v) is 3.60. The van der Waals surface area contributed by atoms with E-state index in [9.17, 15) is 9.18 Å². The molecule has 30 heavy (non-hydrogen) atoms. The highest BCUT2D eigenvalue weighted by Crippen LogP contribution is 2.35. The summed E-state index contributed by atoms with van der Waals surface area (Å²) >= 11 is 0. The molecule has 0 bridgehead atoms. The number of aryl methyl sites for hydroxylation is 2. The first-order valence-electron chi connectivity index (χ1n) is 9.05. The summed E-state index contributed by atoms with van der Waals surface area (Å²) in [5, 5.41) is 8.78. The molecule has 9 nitrogen and oxygen atoms in total. The Balaban J connectivity index is 1.95. The third-order valence-corrected chi connectivity index (χ3v) is 5.03. The second-order valence-electron chi connectivity index (χ2n) is 6.82. The topological polar surface area (TPSA) is 92.7 Å². The summed E-state index contributed by atoms with van der Waals surface area (Å²) in [7, 11) is 4.94. The van der Waals surface area contributed by atoms with Gasteiger partial charge in [0, 0.05) is 37.3 Å². The fraction of sp³-hybridized carbons (Fsp3) is 0.150. The first-order chi connectivity index (χ1) is 14.5. The fourth-order valence-electron chi connectivity index (χ4n) is 3.60. The molecule has 0 radical (unpaired) electrons. The van der Waals surface area contributed by atoms with E-state index in [1.165, 1.54) is 27.5 Å². The Bertz CT molecular complexity index is 1500. The van der Waals surface area contributed by atoms with Crippen molar-refractivity contribution in [2.24, 2.45) is 14.1 Å². The Labute approximate surface area is 169 Å². The predicted molar refractivity (Wildman–Crippen MR) is 108 cm³/mol. The van der Waals surface area contributed by atoms with E-state index < -0.39 is 11.5 Å². The molecule has 0 aliphatic rings. The van der Waals surface area contributed by atoms with Gasteiger partial charge in [-0.15, -0.1) is 5.10 Å². The lowest BCUT2D eigenvalue weighted by Gasteiger charge is -2.10. The average Bonchev–Trinajstić information content (AvgIpc) is 3.29. The van der Waals surface area contributed by atoms with Crippen molar-refractivity contribution in [1.29, 1.82) is 0 Å². The zero-order chi connectivity index (χ0) is 21.0. The van der Waals surface area contributed by atoms with E-state index in [0.717, 1.165) is 0 Å². The standard InChI is InChI=1S/C20H16FN7O2/c1-26-10-15(24-25-26)11-7-12-14(8-17(11)30-3)23-9-16-18(12)28(20(29)27(16)2)19-13(21)5-4-6-22-19/h4-10H,1-3H3. The second kappa shape index (κ2) is 6.48. The van der Waals surface area contributed by atoms with Gasteiger partial charge in [0.2, 0.25) is 0 Å². The highest BCUT2D eigenvalue weighted by Gasteiger charge is 2.21. The van der Waals surface area contributed by atoms with Crippen LogP contribution < -0.4 is 10.4 Å². The molecule has 0 fully saturated rings. The van der Waals surface area contributed by atoms with E-state index in [4.69, 9.17) is 4.74 Å². The summed E-state index contributed by atoms with van der Waals surface area (Å²) in [6.07, 6.45) is 4.78. The molecule has 0 spiro atoms. The Morgan fingerprint density at radius 1 is 1.17 bits per heavy atom. The molecule has 0 saturated carbocycles. The Hall–Kier alpha value is -4.08. The third kappa shape index (κ3) is 2.50. The Kier molecular flexibility index (Phi) is 3.88. The van der Waals surface area contributed by atoms with Crippen molar-refractivity contribution < 1.29 is 9.13 Å². The van der Waals surface area contributed by atoms with Gasteiger partial charge in [-0.1, -0.05) is 5.21 Å². The SMILES string of the molecule is COc1cc2ncc3c(c2cc1-c1cn(C)nn1)n(-c1ncccc1F)c(=O)n3C. The van der Waals surface area contributed by atoms with E-state index >= 15 is 0 Å². The van der Waals surface area contributed by atoms with Gasteiger partial charge in [-0.3, -0.25) is 14.2 Å². The molecule has 4 aromatic heterocycles. The molecule has 1 aromatic carbocycles. The maximum Gasteiger partial charge on any atom is 0.334 e. The van der Waals surface area contributed by atoms with Crippen LogP contribution >= 0.6 is 0 Å². The van der Waals surface area contributed by atoms with Crippen LogP contribution in [0.25, 0.3) is 39.0 Å². The molecule has 10 heteroatoms. The molecule has 5 aromatic rings. The summed E-state index contributed by atoms with van der Waals surface area (Å²) in [4.78, 5) is 21.6. The summed E-state index contributed by atoms with van der Waals surface area (Å²) in [5.74, 6) is -0.110. The third-order valence-electron chi connectivity index (χ3n) is 5.03. The van der Waals surface area contributed by atoms with Gasteiger partial charge in [0.1, 0.15) is 11.4 Å². The molecule has 0 aliphatic heterocycles. The van der Waals surface area contributed by atoms with Crippen LogP contribution in [-0.4, -0.2) is 41.2 Å². The molecule has 0 N–H and O–H groups in total. The number of methoxy groups -OCH3 is 1. The van der Waals surface area contributed by atoms with Crippen molar-refractivity contribution >= 4 is 21.9 Å². The molecule has 150 valence electrons. The van der Waals surface area contributed by atoms with Crippen LogP contribution in [0.2, 0.25) is 0 Å². The quantitative estimate of drug-likeness (QED) is 0.457. The average molecular weight is 405 g/mol. The summed E-state index contributed by atoms with van der Waals surface area (Å²) in [6.45, 7) is 0. The van der Waals surface area contributed by atoms with Gasteiger partial charge in [-0.2, -0.15) is 0 Å². The van der Waals surface area contributed by atoms with Crippen molar-refractivity contribution in [2.45, 2.75) is 0 Å². The highest BCUT2D eigenvalue weighted by molar-refractivity contribution is 6.05. The number of rotatable bonds is 3. The number of benzene rings is 1. The number of fused-ring (bicyclic) bond motifs is 3. The summed E-state index contributed by atoms with van der Waals surface area (Å²) in [6, 6.07) is 6.33. The van der Waals surface area contributed by atoms with Crippen LogP contribution in [0.15, 0.2) is 47.7 Å². The van der Waals surface area contributed by atoms with Gasteiger partial charge < -0.3 is 4.74 Å². The number of hydrogen-bond donors (Lipinski definition) is 0. The summed E-state index contributed by atoms with van der Waals surface area (Å²) in [5.41, 5.74) is 2.49. The van der Waals surface area contributed by atoms with E-state index in [0.29, 0.717) is 38.9 Å². The van der Waals surface area contributed by atoms with Crippen LogP contribution in [0, 0.1) is 5.82 Å². The van der Waals surface area contributed by atoms with Gasteiger partial charge in [-0.25, -0.2) is 18.7 Å². The smallest absolute Gasteiger partial charge is 0.334 e. The Morgan fingerprint density at radius 2 is 2.00 bits per heavy atom. The number of hydrogen-bond acceptors (Lipinski definition) is 6. The van der Waals surface area contributed by atoms with Gasteiger partial charge in [0.05, 0.1) is 36.1 Å². The lowest BCUT2D eigenvalue weighted by Crippen LogP contribution is -2.22. The normalized spacial score (nSPS) is 11.5. The molecular weight excluding hydrogens is 389 g/mol. The predicted octanol–water partition coefficient (Wildman–Crippen LogP) is 2.22. The molecule has 0 saturated heterocycles. The van der Waals surface area contributed by atoms with Crippen molar-refractivity contribution in [3.05, 3.63) is 59.2 Å². The monoisotopic (exact) mass is 405 g/mol. The number of pyridine rings is 2. The number of aromatic nitrogens is 7. The van der Waals surface area contributed by atoms with Gasteiger partial charge in [0.25, 0.3) is 0 Å². The molecule has 0 aliphatic carbocycles. The number of ether oxygens (including phenoxy) is 1. The molecule has 0 atom stereocenters. The minimum atomic E-state index is -0.597. The molecule has 5 rings (SSSR count). The van der Waals surface area contributed by atoms with E-state index in [-0.39, 0.29) is 5.82 Å². The maximum absolute atomic E-state index is 14.6. The zero-order valence-electron chi connectivity index (χ0n) is 16.4. The van der Waals surface area contributed by atoms with E-state index in [1.54, 1.807) is 44.3 Å². The molecule has 4 heterocycles. The zero-order valence-corrected chi connectivity index (χ0v) is 16.4. The minimum absolute atomic E-state index is 0.0718. The number of nitrogens with zero attached hydrogens (tertiary/aromatic N) is 7. The molecular formula is C20H16FN7O2. The number of imidazole rings is 1.